The molecule has 0 aromatic rings. The average Bonchev–Trinajstić information content (AvgIpc) is 3.03. The summed E-state index contributed by atoms with van der Waals surface area (Å²) in [6.45, 7) is 5.09. The van der Waals surface area contributed by atoms with Crippen molar-refractivity contribution in [3.05, 3.63) is 12.2 Å². The van der Waals surface area contributed by atoms with Crippen LogP contribution in [0.5, 0.6) is 0 Å². The largest absolute Gasteiger partial charge is 0.282 e. The number of imide groups is 2. The lowest BCUT2D eigenvalue weighted by Gasteiger charge is -2.60. The van der Waals surface area contributed by atoms with Crippen LogP contribution in [-0.4, -0.2) is 46.5 Å². The second kappa shape index (κ2) is 6.26. The first kappa shape index (κ1) is 18.1. The first-order valence-corrected chi connectivity index (χ1v) is 10.9. The van der Waals surface area contributed by atoms with Crippen molar-refractivity contribution in [3.63, 3.8) is 0 Å². The Kier molecular flexibility index (Phi) is 4.04. The van der Waals surface area contributed by atoms with Gasteiger partial charge in [0.05, 0.1) is 23.7 Å². The smallest absolute Gasteiger partial charge is 0.233 e. The van der Waals surface area contributed by atoms with Gasteiger partial charge in [0.2, 0.25) is 23.6 Å². The Balaban J connectivity index is 1.45. The van der Waals surface area contributed by atoms with E-state index < -0.39 is 0 Å². The van der Waals surface area contributed by atoms with E-state index in [4.69, 9.17) is 0 Å². The highest BCUT2D eigenvalue weighted by Crippen LogP contribution is 2.68. The fourth-order valence-corrected chi connectivity index (χ4v) is 6.80. The molecular formula is C22H28N2O4. The van der Waals surface area contributed by atoms with E-state index in [2.05, 4.69) is 12.2 Å². The van der Waals surface area contributed by atoms with Crippen molar-refractivity contribution in [3.8, 4) is 0 Å². The van der Waals surface area contributed by atoms with E-state index in [0.717, 1.165) is 25.7 Å². The second-order valence-corrected chi connectivity index (χ2v) is 9.16. The van der Waals surface area contributed by atoms with Gasteiger partial charge in [-0.3, -0.25) is 29.0 Å². The van der Waals surface area contributed by atoms with E-state index >= 15 is 0 Å². The summed E-state index contributed by atoms with van der Waals surface area (Å²) in [6, 6.07) is 0. The van der Waals surface area contributed by atoms with Crippen molar-refractivity contribution < 1.29 is 19.2 Å². The number of allylic oxidation sites excluding steroid dienone is 2. The lowest BCUT2D eigenvalue weighted by atomic mass is 9.40. The quantitative estimate of drug-likeness (QED) is 0.517. The topological polar surface area (TPSA) is 74.8 Å². The molecule has 6 aliphatic rings. The van der Waals surface area contributed by atoms with Gasteiger partial charge in [0.1, 0.15) is 0 Å². The van der Waals surface area contributed by atoms with E-state index in [1.54, 1.807) is 0 Å². The maximum atomic E-state index is 13.1. The van der Waals surface area contributed by atoms with Crippen LogP contribution in [0.4, 0.5) is 0 Å². The van der Waals surface area contributed by atoms with E-state index in [1.165, 1.54) is 9.80 Å². The molecule has 2 saturated heterocycles. The van der Waals surface area contributed by atoms with Crippen LogP contribution in [0.3, 0.4) is 0 Å². The molecule has 0 unspecified atom stereocenters. The average molecular weight is 384 g/mol. The Morgan fingerprint density at radius 1 is 0.643 bits per heavy atom. The molecule has 2 aliphatic heterocycles. The zero-order valence-electron chi connectivity index (χ0n) is 16.5. The molecule has 0 aromatic carbocycles. The summed E-state index contributed by atoms with van der Waals surface area (Å²) in [6.07, 6.45) is 7.66. The number of carbonyl (C=O) groups is 4. The molecule has 0 spiro atoms. The first-order valence-electron chi connectivity index (χ1n) is 10.9. The van der Waals surface area contributed by atoms with Crippen LogP contribution >= 0.6 is 0 Å². The number of amides is 4. The highest BCUT2D eigenvalue weighted by atomic mass is 16.2. The van der Waals surface area contributed by atoms with Gasteiger partial charge in [-0.25, -0.2) is 0 Å². The van der Waals surface area contributed by atoms with E-state index in [0.29, 0.717) is 13.1 Å². The second-order valence-electron chi connectivity index (χ2n) is 9.16. The molecule has 2 bridgehead atoms. The Labute approximate surface area is 165 Å². The molecule has 4 aliphatic carbocycles. The molecule has 8 atom stereocenters. The number of unbranched alkanes of at least 4 members (excludes halogenated alkanes) is 2. The van der Waals surface area contributed by atoms with Gasteiger partial charge in [-0.15, -0.1) is 0 Å². The summed E-state index contributed by atoms with van der Waals surface area (Å²) in [5.41, 5.74) is 0. The molecule has 2 saturated carbocycles. The number of hydrogen-bond acceptors (Lipinski definition) is 4. The van der Waals surface area contributed by atoms with Crippen molar-refractivity contribution >= 4 is 23.6 Å². The number of carbonyl (C=O) groups excluding carboxylic acids is 4. The maximum absolute atomic E-state index is 13.1. The van der Waals surface area contributed by atoms with Gasteiger partial charge >= 0.3 is 0 Å². The number of rotatable bonds is 6. The first-order chi connectivity index (χ1) is 13.5. The number of nitrogens with zero attached hydrogens (tertiary/aromatic N) is 2. The van der Waals surface area contributed by atoms with Gasteiger partial charge in [-0.2, -0.15) is 0 Å². The van der Waals surface area contributed by atoms with Crippen LogP contribution in [0.25, 0.3) is 0 Å². The molecule has 2 heterocycles. The maximum Gasteiger partial charge on any atom is 0.233 e. The molecule has 6 nitrogen and oxygen atoms in total. The van der Waals surface area contributed by atoms with Gasteiger partial charge in [-0.1, -0.05) is 38.8 Å². The van der Waals surface area contributed by atoms with Crippen molar-refractivity contribution in [2.75, 3.05) is 13.1 Å². The minimum absolute atomic E-state index is 0.0400. The molecule has 0 aromatic heterocycles. The Morgan fingerprint density at radius 3 is 1.36 bits per heavy atom. The minimum atomic E-state index is -0.325. The highest BCUT2D eigenvalue weighted by molar-refractivity contribution is 6.09. The SMILES string of the molecule is CCCCN1C(=O)[C@@H]2[C@H]3C=C[C@H]([C@@H]2C1=O)[C@@H]1[C@H]2C(=O)N(CCCC)C(=O)[C@H]2[C@@H]31. The standard InChI is InChI=1S/C22H28N2O4/c1-3-5-9-23-19(25)15-11-7-8-12(16(15)20(23)26)14-13(11)17-18(14)22(28)24(21(17)27)10-6-4-2/h7-8,11-18H,3-6,9-10H2,1-2H3/t11-,12-,13-,14-,15-,16+,17+,18-/m0/s1. The molecule has 0 radical (unpaired) electrons. The van der Waals surface area contributed by atoms with Crippen molar-refractivity contribution in [1.82, 2.24) is 9.80 Å². The summed E-state index contributed by atoms with van der Waals surface area (Å²) < 4.78 is 0. The highest BCUT2D eigenvalue weighted by Gasteiger charge is 2.74. The van der Waals surface area contributed by atoms with E-state index in [1.807, 2.05) is 13.8 Å². The Bertz CT molecular complexity index is 733. The molecule has 28 heavy (non-hydrogen) atoms. The third-order valence-corrected chi connectivity index (χ3v) is 8.00. The van der Waals surface area contributed by atoms with Gasteiger partial charge < -0.3 is 0 Å². The normalized spacial score (nSPS) is 42.8. The van der Waals surface area contributed by atoms with Crippen molar-refractivity contribution in [2.24, 2.45) is 47.3 Å². The fourth-order valence-electron chi connectivity index (χ4n) is 6.80. The predicted octanol–water partition coefficient (Wildman–Crippen LogP) is 1.85. The van der Waals surface area contributed by atoms with Crippen LogP contribution in [0.2, 0.25) is 0 Å². The predicted molar refractivity (Wildman–Crippen MR) is 100 cm³/mol. The Hall–Kier alpha value is -1.98. The summed E-state index contributed by atoms with van der Waals surface area (Å²) in [5, 5.41) is 0. The van der Waals surface area contributed by atoms with Crippen LogP contribution in [-0.2, 0) is 19.2 Å². The molecule has 6 heteroatoms. The summed E-state index contributed by atoms with van der Waals surface area (Å²) in [7, 11) is 0. The summed E-state index contributed by atoms with van der Waals surface area (Å²) in [5.74, 6) is -1.44. The van der Waals surface area contributed by atoms with Crippen LogP contribution in [0, 0.1) is 47.3 Å². The summed E-state index contributed by atoms with van der Waals surface area (Å²) in [4.78, 5) is 55.0. The van der Waals surface area contributed by atoms with Crippen molar-refractivity contribution in [2.45, 2.75) is 39.5 Å². The van der Waals surface area contributed by atoms with Gasteiger partial charge in [0.25, 0.3) is 0 Å². The molecule has 4 amide bonds. The molecule has 4 fully saturated rings. The van der Waals surface area contributed by atoms with Crippen molar-refractivity contribution in [1.29, 1.82) is 0 Å². The number of hydrogen-bond donors (Lipinski definition) is 0. The zero-order valence-corrected chi connectivity index (χ0v) is 16.5. The van der Waals surface area contributed by atoms with Crippen LogP contribution in [0.15, 0.2) is 12.2 Å². The van der Waals surface area contributed by atoms with E-state index in [-0.39, 0.29) is 71.0 Å². The minimum Gasteiger partial charge on any atom is -0.282 e. The fraction of sp³-hybridized carbons (Fsp3) is 0.727. The van der Waals surface area contributed by atoms with Gasteiger partial charge in [0.15, 0.2) is 0 Å². The Morgan fingerprint density at radius 2 is 1.00 bits per heavy atom. The number of fused-ring (bicyclic) bond motifs is 1. The van der Waals surface area contributed by atoms with Crippen LogP contribution in [0.1, 0.15) is 39.5 Å². The monoisotopic (exact) mass is 384 g/mol. The third kappa shape index (κ3) is 2.04. The lowest BCUT2D eigenvalue weighted by molar-refractivity contribution is -0.166. The molecule has 0 N–H and O–H groups in total. The van der Waals surface area contributed by atoms with Crippen LogP contribution < -0.4 is 0 Å². The molecule has 6 rings (SSSR count). The number of likely N-dealkylation sites (tertiary alicyclic amines) is 2. The van der Waals surface area contributed by atoms with E-state index in [9.17, 15) is 19.2 Å². The van der Waals surface area contributed by atoms with Gasteiger partial charge in [0, 0.05) is 13.1 Å². The molecular weight excluding hydrogens is 356 g/mol. The van der Waals surface area contributed by atoms with Gasteiger partial charge in [-0.05, 0) is 36.5 Å². The zero-order chi connectivity index (χ0) is 19.7. The third-order valence-electron chi connectivity index (χ3n) is 8.00. The molecule has 150 valence electrons. The lowest BCUT2D eigenvalue weighted by Crippen LogP contribution is -2.63. The summed E-state index contributed by atoms with van der Waals surface area (Å²) >= 11 is 0.